The second-order valence-electron chi connectivity index (χ2n) is 6.55. The molecule has 3 atom stereocenters. The molecule has 0 aromatic carbocycles. The molecule has 22 heavy (non-hydrogen) atoms. The quantitative estimate of drug-likeness (QED) is 0.834. The average Bonchev–Trinajstić information content (AvgIpc) is 2.89. The Bertz CT molecular complexity index is 549. The van der Waals surface area contributed by atoms with E-state index in [0.29, 0.717) is 19.0 Å². The zero-order chi connectivity index (χ0) is 15.7. The maximum Gasteiger partial charge on any atom is 0.236 e. The van der Waals surface area contributed by atoms with Crippen LogP contribution in [0.5, 0.6) is 0 Å². The van der Waals surface area contributed by atoms with Gasteiger partial charge in [0.2, 0.25) is 5.91 Å². The third-order valence-electron chi connectivity index (χ3n) is 4.48. The van der Waals surface area contributed by atoms with Crippen molar-refractivity contribution in [2.75, 3.05) is 33.7 Å². The summed E-state index contributed by atoms with van der Waals surface area (Å²) in [5.74, 6) is 1.50. The number of fused-ring (bicyclic) bond motifs is 1. The molecular weight excluding hydrogens is 280 g/mol. The Morgan fingerprint density at radius 2 is 2.32 bits per heavy atom. The molecule has 1 aromatic rings. The summed E-state index contributed by atoms with van der Waals surface area (Å²) < 4.78 is 6.19. The molecule has 6 nitrogen and oxygen atoms in total. The molecule has 1 amide bonds. The summed E-state index contributed by atoms with van der Waals surface area (Å²) in [6, 6.07) is 1.93. The van der Waals surface area contributed by atoms with E-state index in [9.17, 15) is 4.79 Å². The minimum atomic E-state index is 0.0422. The largest absolute Gasteiger partial charge is 0.367 e. The number of amides is 1. The Hall–Kier alpha value is -1.53. The van der Waals surface area contributed by atoms with Crippen LogP contribution in [0.15, 0.2) is 12.3 Å². The molecule has 0 spiro atoms. The van der Waals surface area contributed by atoms with Gasteiger partial charge in [-0.2, -0.15) is 0 Å². The highest BCUT2D eigenvalue weighted by atomic mass is 16.5. The molecule has 120 valence electrons. The minimum absolute atomic E-state index is 0.0422. The maximum absolute atomic E-state index is 12.2. The second kappa shape index (κ2) is 6.30. The van der Waals surface area contributed by atoms with E-state index in [4.69, 9.17) is 4.74 Å². The van der Waals surface area contributed by atoms with Gasteiger partial charge < -0.3 is 14.5 Å². The van der Waals surface area contributed by atoms with Gasteiger partial charge in [-0.3, -0.25) is 4.79 Å². The Morgan fingerprint density at radius 1 is 1.50 bits per heavy atom. The van der Waals surface area contributed by atoms with Crippen LogP contribution in [-0.2, 0) is 9.53 Å². The summed E-state index contributed by atoms with van der Waals surface area (Å²) >= 11 is 0. The summed E-state index contributed by atoms with van der Waals surface area (Å²) in [6.45, 7) is 3.91. The predicted octanol–water partition coefficient (Wildman–Crippen LogP) is 1.03. The van der Waals surface area contributed by atoms with E-state index >= 15 is 0 Å². The summed E-state index contributed by atoms with van der Waals surface area (Å²) in [5.41, 5.74) is 0.966. The van der Waals surface area contributed by atoms with Gasteiger partial charge in [-0.05, 0) is 45.8 Å². The van der Waals surface area contributed by atoms with Gasteiger partial charge >= 0.3 is 0 Å². The smallest absolute Gasteiger partial charge is 0.236 e. The fraction of sp³-hybridized carbons (Fsp3) is 0.688. The van der Waals surface area contributed by atoms with Crippen LogP contribution in [0, 0.1) is 12.8 Å². The Morgan fingerprint density at radius 3 is 3.05 bits per heavy atom. The standard InChI is InChI=1S/C16H24N4O2/c1-11-17-6-4-13(18-11)14-8-12-5-7-20(9-15(12)22-14)16(21)10-19(2)3/h4,6,12,14-15H,5,7-10H2,1-3H3/t12-,14-,15+/m0/s1. The second-order valence-corrected chi connectivity index (χ2v) is 6.55. The third-order valence-corrected chi connectivity index (χ3v) is 4.48. The maximum atomic E-state index is 12.2. The molecule has 0 N–H and O–H groups in total. The lowest BCUT2D eigenvalue weighted by Crippen LogP contribution is -2.47. The number of ether oxygens (including phenoxy) is 1. The first-order valence-corrected chi connectivity index (χ1v) is 7.90. The Labute approximate surface area is 131 Å². The monoisotopic (exact) mass is 304 g/mol. The van der Waals surface area contributed by atoms with E-state index < -0.39 is 0 Å². The lowest BCUT2D eigenvalue weighted by molar-refractivity contribution is -0.136. The van der Waals surface area contributed by atoms with Crippen LogP contribution in [0.4, 0.5) is 0 Å². The molecule has 2 aliphatic heterocycles. The summed E-state index contributed by atoms with van der Waals surface area (Å²) in [4.78, 5) is 24.7. The Balaban J connectivity index is 1.63. The molecular formula is C16H24N4O2. The first kappa shape index (κ1) is 15.4. The fourth-order valence-electron chi connectivity index (χ4n) is 3.37. The number of hydrogen-bond acceptors (Lipinski definition) is 5. The van der Waals surface area contributed by atoms with Crippen molar-refractivity contribution in [1.29, 1.82) is 0 Å². The van der Waals surface area contributed by atoms with Crippen molar-refractivity contribution in [3.63, 3.8) is 0 Å². The van der Waals surface area contributed by atoms with Gasteiger partial charge in [-0.25, -0.2) is 9.97 Å². The number of aromatic nitrogens is 2. The first-order valence-electron chi connectivity index (χ1n) is 7.90. The van der Waals surface area contributed by atoms with E-state index in [0.717, 1.165) is 30.9 Å². The number of carbonyl (C=O) groups is 1. The highest BCUT2D eigenvalue weighted by molar-refractivity contribution is 5.78. The number of likely N-dealkylation sites (N-methyl/N-ethyl adjacent to an activating group) is 1. The molecule has 2 fully saturated rings. The molecule has 0 saturated carbocycles. The van der Waals surface area contributed by atoms with Crippen LogP contribution in [-0.4, -0.2) is 65.5 Å². The molecule has 2 saturated heterocycles. The number of likely N-dealkylation sites (tertiary alicyclic amines) is 1. The van der Waals surface area contributed by atoms with Gasteiger partial charge in [0.15, 0.2) is 0 Å². The van der Waals surface area contributed by atoms with Crippen molar-refractivity contribution in [2.45, 2.75) is 32.0 Å². The summed E-state index contributed by atoms with van der Waals surface area (Å²) in [6.07, 6.45) is 3.98. The molecule has 6 heteroatoms. The highest BCUT2D eigenvalue weighted by Gasteiger charge is 2.41. The number of piperidine rings is 1. The van der Waals surface area contributed by atoms with Crippen LogP contribution in [0.3, 0.4) is 0 Å². The van der Waals surface area contributed by atoms with E-state index in [1.165, 1.54) is 0 Å². The van der Waals surface area contributed by atoms with Crippen molar-refractivity contribution < 1.29 is 9.53 Å². The predicted molar refractivity (Wildman–Crippen MR) is 82.2 cm³/mol. The van der Waals surface area contributed by atoms with Crippen molar-refractivity contribution in [2.24, 2.45) is 5.92 Å². The lowest BCUT2D eigenvalue weighted by atomic mass is 9.91. The van der Waals surface area contributed by atoms with Gasteiger partial charge in [0.25, 0.3) is 0 Å². The molecule has 3 rings (SSSR count). The molecule has 0 radical (unpaired) electrons. The Kier molecular flexibility index (Phi) is 4.40. The molecule has 0 unspecified atom stereocenters. The van der Waals surface area contributed by atoms with Crippen molar-refractivity contribution in [3.05, 3.63) is 23.8 Å². The van der Waals surface area contributed by atoms with Crippen molar-refractivity contribution in [3.8, 4) is 0 Å². The van der Waals surface area contributed by atoms with Gasteiger partial charge in [0, 0.05) is 19.3 Å². The topological polar surface area (TPSA) is 58.6 Å². The van der Waals surface area contributed by atoms with E-state index in [-0.39, 0.29) is 18.1 Å². The molecule has 1 aromatic heterocycles. The van der Waals surface area contributed by atoms with Gasteiger partial charge in [0.1, 0.15) is 11.9 Å². The minimum Gasteiger partial charge on any atom is -0.367 e. The SMILES string of the molecule is Cc1nccc([C@@H]2C[C@@H]3CCN(C(=O)CN(C)C)C[C@H]3O2)n1. The third kappa shape index (κ3) is 3.28. The lowest BCUT2D eigenvalue weighted by Gasteiger charge is -2.34. The molecule has 0 aliphatic carbocycles. The molecule has 2 aliphatic rings. The van der Waals surface area contributed by atoms with Gasteiger partial charge in [-0.15, -0.1) is 0 Å². The normalized spacial score (nSPS) is 28.0. The fourth-order valence-corrected chi connectivity index (χ4v) is 3.37. The van der Waals surface area contributed by atoms with E-state index in [1.54, 1.807) is 6.20 Å². The van der Waals surface area contributed by atoms with Gasteiger partial charge in [-0.1, -0.05) is 0 Å². The van der Waals surface area contributed by atoms with Crippen molar-refractivity contribution >= 4 is 5.91 Å². The zero-order valence-electron chi connectivity index (χ0n) is 13.5. The number of hydrogen-bond donors (Lipinski definition) is 0. The van der Waals surface area contributed by atoms with E-state index in [2.05, 4.69) is 9.97 Å². The van der Waals surface area contributed by atoms with E-state index in [1.807, 2.05) is 36.9 Å². The van der Waals surface area contributed by atoms with Crippen LogP contribution < -0.4 is 0 Å². The number of carbonyl (C=O) groups excluding carboxylic acids is 1. The first-order chi connectivity index (χ1) is 10.5. The van der Waals surface area contributed by atoms with Gasteiger partial charge in [0.05, 0.1) is 18.3 Å². The highest BCUT2D eigenvalue weighted by Crippen LogP contribution is 2.40. The number of aryl methyl sites for hydroxylation is 1. The molecule has 0 bridgehead atoms. The zero-order valence-corrected chi connectivity index (χ0v) is 13.5. The van der Waals surface area contributed by atoms with Crippen molar-refractivity contribution in [1.82, 2.24) is 19.8 Å². The summed E-state index contributed by atoms with van der Waals surface area (Å²) in [5, 5.41) is 0. The number of rotatable bonds is 3. The van der Waals surface area contributed by atoms with Crippen LogP contribution in [0.1, 0.15) is 30.5 Å². The number of nitrogens with zero attached hydrogens (tertiary/aromatic N) is 4. The van der Waals surface area contributed by atoms with Crippen LogP contribution in [0.2, 0.25) is 0 Å². The average molecular weight is 304 g/mol. The molecule has 3 heterocycles. The van der Waals surface area contributed by atoms with Crippen LogP contribution >= 0.6 is 0 Å². The summed E-state index contributed by atoms with van der Waals surface area (Å²) in [7, 11) is 3.84. The van der Waals surface area contributed by atoms with Crippen LogP contribution in [0.25, 0.3) is 0 Å².